The number of pyridine rings is 3. The maximum atomic E-state index is 14.2. The van der Waals surface area contributed by atoms with Gasteiger partial charge in [-0.05, 0) is 140 Å². The summed E-state index contributed by atoms with van der Waals surface area (Å²) in [6, 6.07) is 10.7. The minimum atomic E-state index is -4.70. The van der Waals surface area contributed by atoms with Crippen molar-refractivity contribution in [2.24, 2.45) is 0 Å². The zero-order chi connectivity index (χ0) is 72.1. The molecule has 3 atom stereocenters. The van der Waals surface area contributed by atoms with Gasteiger partial charge in [0, 0.05) is 41.8 Å². The highest BCUT2D eigenvalue weighted by Gasteiger charge is 2.52. The fraction of sp³-hybridized carbons (Fsp3) is 0.434. The Kier molecular flexibility index (Phi) is 25.3. The van der Waals surface area contributed by atoms with Crippen molar-refractivity contribution in [3.63, 3.8) is 0 Å². The van der Waals surface area contributed by atoms with Gasteiger partial charge in [-0.15, -0.1) is 30.6 Å². The zero-order valence-corrected chi connectivity index (χ0v) is 52.5. The van der Waals surface area contributed by atoms with Gasteiger partial charge in [0.1, 0.15) is 5.15 Å². The van der Waals surface area contributed by atoms with Crippen molar-refractivity contribution in [2.75, 3.05) is 13.2 Å². The number of rotatable bonds is 14. The number of fused-ring (bicyclic) bond motifs is 3. The largest absolute Gasteiger partial charge is 0.496 e. The quantitative estimate of drug-likeness (QED) is 0.0604. The first-order valence-electron chi connectivity index (χ1n) is 26.9. The van der Waals surface area contributed by atoms with Crippen LogP contribution in [0.1, 0.15) is 87.2 Å². The van der Waals surface area contributed by atoms with Crippen molar-refractivity contribution >= 4 is 64.3 Å². The highest BCUT2D eigenvalue weighted by molar-refractivity contribution is 6.62. The SMILES string of the molecule is C.CCO.CCOC(F)(F)c1nnc2ccc(-c3cnc(O[C@H](C)C(F)(F)F)c(F)c3)nn12.C[C@@H](Oc1ncc(-c2ccc3nnc(C(F)(F)Cl)n3n2)cc1F)C(F)(F)F.C[C@@H](Oc1ncc(B2OC(C)(C)C(C)(C)O2)cc1F)C(F)(F)F.FC(F)(Cl)c1nnc2ccc(Cl)nn12. The van der Waals surface area contributed by atoms with Crippen molar-refractivity contribution in [1.82, 2.24) is 74.4 Å². The van der Waals surface area contributed by atoms with Crippen LogP contribution in [0.15, 0.2) is 73.2 Å². The summed E-state index contributed by atoms with van der Waals surface area (Å²) in [7, 11) is -0.851. The molecule has 1 aliphatic heterocycles. The van der Waals surface area contributed by atoms with Gasteiger partial charge in [-0.1, -0.05) is 19.0 Å². The standard InChI is InChI=1S/C16H13F6N5O2.C14H18BF4NO3.C14H8ClF6N5O.C6H2Cl2F2N4.C2H6O.CH4/c1-3-28-16(21,22)14-25-24-12-5-4-11(26-27(12)14)9-6-10(17)13(23-7-9)29-8(2)15(18,19)20;1-8(14(17,18)19)21-11-10(16)6-9(7-20-11)15-22-12(2,3)13(4,5)23-15;1-6(14(19,20)21)27-11-8(16)4-7(5-22-11)9-2-3-10-23-24-12(13(15,17)18)26(10)25-9;7-3-1-2-4-11-12-5(6(8,9)10)14(4)13-3;1-2-3;/h4-8H,3H2,1-2H3;6-8H,1-5H3;2-6H,1H3;1-2H;3H,2H2,1H3;1H4/t2*8-;6-;;;/m111.../s1. The minimum Gasteiger partial charge on any atom is -0.463 e. The summed E-state index contributed by atoms with van der Waals surface area (Å²) in [5, 5.41) is 31.8. The van der Waals surface area contributed by atoms with E-state index in [0.29, 0.717) is 18.4 Å². The Balaban J connectivity index is 0.000000235. The zero-order valence-electron chi connectivity index (χ0n) is 50.2. The van der Waals surface area contributed by atoms with Crippen molar-refractivity contribution in [3.05, 3.63) is 113 Å². The molecule has 0 bridgehead atoms. The van der Waals surface area contributed by atoms with E-state index in [9.17, 15) is 79.0 Å². The van der Waals surface area contributed by atoms with Gasteiger partial charge < -0.3 is 33.4 Å². The Morgan fingerprint density at radius 2 is 0.845 bits per heavy atom. The molecule has 0 amide bonds. The van der Waals surface area contributed by atoms with Gasteiger partial charge in [-0.25, -0.2) is 28.1 Å². The summed E-state index contributed by atoms with van der Waals surface area (Å²) in [4.78, 5) is 10.6. The number of ether oxygens (including phenoxy) is 4. The van der Waals surface area contributed by atoms with Gasteiger partial charge in [0.05, 0.1) is 29.2 Å². The molecule has 1 N–H and O–H groups in total. The maximum Gasteiger partial charge on any atom is 0.496 e. The molecular weight excluding hydrogens is 1420 g/mol. The number of hydrogen-bond donors (Lipinski definition) is 1. The van der Waals surface area contributed by atoms with Gasteiger partial charge in [0.25, 0.3) is 23.5 Å². The Hall–Kier alpha value is -7.99. The maximum absolute atomic E-state index is 14.2. The Morgan fingerprint density at radius 1 is 0.515 bits per heavy atom. The van der Waals surface area contributed by atoms with Crippen LogP contribution in [0, 0.1) is 17.5 Å². The van der Waals surface area contributed by atoms with Crippen molar-refractivity contribution < 1.29 is 112 Å². The number of nitrogens with zero attached hydrogens (tertiary/aromatic N) is 15. The van der Waals surface area contributed by atoms with Crippen molar-refractivity contribution in [3.8, 4) is 40.2 Å². The second kappa shape index (κ2) is 30.8. The summed E-state index contributed by atoms with van der Waals surface area (Å²) in [6.45, 7) is 12.5. The van der Waals surface area contributed by atoms with E-state index in [0.717, 1.165) is 46.5 Å². The predicted molar refractivity (Wildman–Crippen MR) is 307 cm³/mol. The molecule has 0 saturated carbocycles. The van der Waals surface area contributed by atoms with Crippen LogP contribution in [0.2, 0.25) is 5.15 Å². The van der Waals surface area contributed by atoms with Gasteiger partial charge in [0.15, 0.2) is 52.7 Å². The summed E-state index contributed by atoms with van der Waals surface area (Å²) < 4.78 is 266. The highest BCUT2D eigenvalue weighted by atomic mass is 35.5. The summed E-state index contributed by atoms with van der Waals surface area (Å²) in [6.07, 6.45) is -21.3. The van der Waals surface area contributed by atoms with E-state index in [-0.39, 0.29) is 70.7 Å². The lowest BCUT2D eigenvalue weighted by atomic mass is 9.80. The Labute approximate surface area is 550 Å². The number of aliphatic hydroxyl groups is 1. The fourth-order valence-electron chi connectivity index (χ4n) is 7.08. The van der Waals surface area contributed by atoms with Crippen LogP contribution in [0.25, 0.3) is 39.5 Å². The normalized spacial score (nSPS) is 14.9. The second-order valence-electron chi connectivity index (χ2n) is 20.3. The van der Waals surface area contributed by atoms with E-state index in [4.69, 9.17) is 49.2 Å². The minimum absolute atomic E-state index is 0. The van der Waals surface area contributed by atoms with Gasteiger partial charge >= 0.3 is 42.5 Å². The second-order valence-corrected chi connectivity index (χ2v) is 21.6. The van der Waals surface area contributed by atoms with Crippen molar-refractivity contribution in [1.29, 1.82) is 0 Å². The van der Waals surface area contributed by atoms with E-state index in [1.54, 1.807) is 6.92 Å². The molecule has 44 heteroatoms. The number of alkyl halides is 17. The lowest BCUT2D eigenvalue weighted by Crippen LogP contribution is -2.41. The molecular formula is C53H51BCl3F18N15O7. The average molecular weight is 1470 g/mol. The molecule has 10 rings (SSSR count). The molecule has 0 aromatic carbocycles. The third-order valence-corrected chi connectivity index (χ3v) is 13.2. The fourth-order valence-corrected chi connectivity index (χ4v) is 7.45. The number of aliphatic hydroxyl groups excluding tert-OH is 1. The third-order valence-electron chi connectivity index (χ3n) is 12.7. The predicted octanol–water partition coefficient (Wildman–Crippen LogP) is 13.2. The highest BCUT2D eigenvalue weighted by Crippen LogP contribution is 2.38. The molecule has 10 heterocycles. The Morgan fingerprint density at radius 3 is 1.19 bits per heavy atom. The van der Waals surface area contributed by atoms with Crippen LogP contribution in [0.4, 0.5) is 79.0 Å². The van der Waals surface area contributed by atoms with Crippen LogP contribution >= 0.6 is 34.8 Å². The van der Waals surface area contributed by atoms with Gasteiger partial charge in [-0.2, -0.15) is 94.7 Å². The molecule has 1 saturated heterocycles. The molecule has 1 fully saturated rings. The lowest BCUT2D eigenvalue weighted by Gasteiger charge is -2.32. The summed E-state index contributed by atoms with van der Waals surface area (Å²) in [5.41, 5.74) is -0.883. The van der Waals surface area contributed by atoms with Crippen LogP contribution in [0.3, 0.4) is 0 Å². The molecule has 0 radical (unpaired) electrons. The molecule has 9 aromatic rings. The van der Waals surface area contributed by atoms with Gasteiger partial charge in [0.2, 0.25) is 11.6 Å². The van der Waals surface area contributed by atoms with E-state index in [1.165, 1.54) is 49.5 Å². The number of hydrogen-bond acceptors (Lipinski definition) is 19. The average Bonchev–Trinajstić information content (AvgIpc) is 1.71. The number of aromatic nitrogens is 15. The topological polar surface area (TPSA) is 244 Å². The molecule has 1 aliphatic rings. The number of halogens is 21. The summed E-state index contributed by atoms with van der Waals surface area (Å²) in [5.74, 6) is -8.38. The Bertz CT molecular complexity index is 4110. The summed E-state index contributed by atoms with van der Waals surface area (Å²) >= 11 is 15.2. The van der Waals surface area contributed by atoms with Crippen molar-refractivity contribution in [2.45, 2.75) is 135 Å². The molecule has 0 aliphatic carbocycles. The van der Waals surface area contributed by atoms with Crippen LogP contribution in [-0.4, -0.2) is 148 Å². The molecule has 0 unspecified atom stereocenters. The first-order valence-corrected chi connectivity index (χ1v) is 28.0. The van der Waals surface area contributed by atoms with E-state index in [1.807, 2.05) is 27.7 Å². The lowest BCUT2D eigenvalue weighted by molar-refractivity contribution is -0.252. The molecule has 9 aromatic heterocycles. The molecule has 22 nitrogen and oxygen atoms in total. The first kappa shape index (κ1) is 79.7. The van der Waals surface area contributed by atoms with Gasteiger partial charge in [-0.3, -0.25) is 0 Å². The van der Waals surface area contributed by atoms with E-state index >= 15 is 0 Å². The molecule has 97 heavy (non-hydrogen) atoms. The van der Waals surface area contributed by atoms with E-state index in [2.05, 4.69) is 79.8 Å². The van der Waals surface area contributed by atoms with Crippen LogP contribution < -0.4 is 19.7 Å². The first-order chi connectivity index (χ1) is 44.2. The third kappa shape index (κ3) is 20.1. The molecule has 530 valence electrons. The smallest absolute Gasteiger partial charge is 0.463 e. The van der Waals surface area contributed by atoms with E-state index < -0.39 is 125 Å². The molecule has 0 spiro atoms. The van der Waals surface area contributed by atoms with Crippen LogP contribution in [-0.2, 0) is 30.9 Å². The van der Waals surface area contributed by atoms with Crippen LogP contribution in [0.5, 0.6) is 17.6 Å². The monoisotopic (exact) mass is 1470 g/mol.